The first-order valence-corrected chi connectivity index (χ1v) is 5.81. The van der Waals surface area contributed by atoms with Gasteiger partial charge in [0, 0.05) is 18.2 Å². The summed E-state index contributed by atoms with van der Waals surface area (Å²) in [6.07, 6.45) is 2.01. The first-order valence-electron chi connectivity index (χ1n) is 5.81. The Bertz CT molecular complexity index is 172. The van der Waals surface area contributed by atoms with E-state index in [0.717, 1.165) is 12.8 Å². The molecule has 1 heterocycles. The Morgan fingerprint density at radius 1 is 1.07 bits per heavy atom. The van der Waals surface area contributed by atoms with Gasteiger partial charge >= 0.3 is 0 Å². The summed E-state index contributed by atoms with van der Waals surface area (Å²) in [5.41, 5.74) is -0.384. The maximum atomic E-state index is 9.96. The quantitative estimate of drug-likeness (QED) is 0.732. The Kier molecular flexibility index (Phi) is 5.24. The van der Waals surface area contributed by atoms with Gasteiger partial charge in [-0.1, -0.05) is 13.8 Å². The van der Waals surface area contributed by atoms with Crippen molar-refractivity contribution >= 4 is 0 Å². The summed E-state index contributed by atoms with van der Waals surface area (Å²) in [5, 5.41) is 11.4. The second-order valence-corrected chi connectivity index (χ2v) is 5.20. The number of hydrogen-bond donors (Lipinski definition) is 1. The van der Waals surface area contributed by atoms with Gasteiger partial charge in [0.1, 0.15) is 0 Å². The molecular weight excluding hydrogens is 190 g/mol. The molecule has 92 valence electrons. The maximum Gasteiger partial charge on any atom is 0.0608 e. The number of nitrogens with zero attached hydrogens (tertiary/aromatic N) is 1. The molecule has 1 saturated heterocycles. The SMILES string of the molecule is CC.COC1CC(C)(C)N(O)C(C)(C)C1. The molecule has 0 radical (unpaired) electrons. The van der Waals surface area contributed by atoms with Crippen LogP contribution in [0.25, 0.3) is 0 Å². The molecule has 0 aromatic rings. The Balaban J connectivity index is 0.000000921. The summed E-state index contributed by atoms with van der Waals surface area (Å²) in [5.74, 6) is 0. The molecule has 0 aliphatic carbocycles. The largest absolute Gasteiger partial charge is 0.381 e. The third-order valence-electron chi connectivity index (χ3n) is 2.93. The molecule has 0 unspecified atom stereocenters. The highest BCUT2D eigenvalue weighted by Crippen LogP contribution is 2.37. The Labute approximate surface area is 94.4 Å². The Morgan fingerprint density at radius 3 is 1.67 bits per heavy atom. The molecule has 0 aromatic heterocycles. The molecule has 15 heavy (non-hydrogen) atoms. The van der Waals surface area contributed by atoms with Crippen LogP contribution in [-0.4, -0.2) is 34.6 Å². The van der Waals surface area contributed by atoms with Gasteiger partial charge in [-0.05, 0) is 40.5 Å². The summed E-state index contributed by atoms with van der Waals surface area (Å²) in [6, 6.07) is 0. The first kappa shape index (κ1) is 14.9. The average molecular weight is 217 g/mol. The van der Waals surface area contributed by atoms with Gasteiger partial charge in [0.15, 0.2) is 0 Å². The van der Waals surface area contributed by atoms with Crippen LogP contribution in [0.4, 0.5) is 0 Å². The second-order valence-electron chi connectivity index (χ2n) is 5.20. The summed E-state index contributed by atoms with van der Waals surface area (Å²) < 4.78 is 5.37. The highest BCUT2D eigenvalue weighted by Gasteiger charge is 2.45. The van der Waals surface area contributed by atoms with E-state index >= 15 is 0 Å². The van der Waals surface area contributed by atoms with E-state index in [1.54, 1.807) is 7.11 Å². The fourth-order valence-electron chi connectivity index (χ4n) is 2.35. The zero-order valence-electron chi connectivity index (χ0n) is 11.3. The monoisotopic (exact) mass is 217 g/mol. The fourth-order valence-corrected chi connectivity index (χ4v) is 2.35. The lowest BCUT2D eigenvalue weighted by Crippen LogP contribution is -2.60. The number of ether oxygens (including phenoxy) is 1. The number of hydroxylamine groups is 2. The van der Waals surface area contributed by atoms with Crippen molar-refractivity contribution in [1.29, 1.82) is 0 Å². The number of hydrogen-bond acceptors (Lipinski definition) is 3. The van der Waals surface area contributed by atoms with E-state index in [9.17, 15) is 5.21 Å². The molecule has 0 spiro atoms. The van der Waals surface area contributed by atoms with E-state index in [0.29, 0.717) is 0 Å². The highest BCUT2D eigenvalue weighted by molar-refractivity contribution is 4.96. The minimum atomic E-state index is -0.192. The zero-order valence-corrected chi connectivity index (χ0v) is 11.3. The summed E-state index contributed by atoms with van der Waals surface area (Å²) >= 11 is 0. The molecule has 0 amide bonds. The third-order valence-corrected chi connectivity index (χ3v) is 2.93. The highest BCUT2D eigenvalue weighted by atomic mass is 16.5. The van der Waals surface area contributed by atoms with Crippen LogP contribution in [0, 0.1) is 0 Å². The molecule has 0 aromatic carbocycles. The third kappa shape index (κ3) is 3.44. The van der Waals surface area contributed by atoms with E-state index in [1.165, 1.54) is 5.06 Å². The summed E-state index contributed by atoms with van der Waals surface area (Å²) in [4.78, 5) is 0. The smallest absolute Gasteiger partial charge is 0.0608 e. The van der Waals surface area contributed by atoms with Crippen molar-refractivity contribution in [1.82, 2.24) is 5.06 Å². The van der Waals surface area contributed by atoms with Crippen LogP contribution in [0.2, 0.25) is 0 Å². The predicted molar refractivity (Wildman–Crippen MR) is 63.2 cm³/mol. The van der Waals surface area contributed by atoms with E-state index in [4.69, 9.17) is 4.74 Å². The molecule has 1 rings (SSSR count). The van der Waals surface area contributed by atoms with Crippen LogP contribution in [0.15, 0.2) is 0 Å². The predicted octanol–water partition coefficient (Wildman–Crippen LogP) is 3.07. The van der Waals surface area contributed by atoms with E-state index in [2.05, 4.69) is 0 Å². The molecule has 0 saturated carbocycles. The van der Waals surface area contributed by atoms with Gasteiger partial charge in [0.05, 0.1) is 6.10 Å². The summed E-state index contributed by atoms with van der Waals surface area (Å²) in [7, 11) is 1.74. The van der Waals surface area contributed by atoms with Gasteiger partial charge in [-0.2, -0.15) is 5.06 Å². The molecule has 0 bridgehead atoms. The molecular formula is C12H27NO2. The van der Waals surface area contributed by atoms with Crippen LogP contribution in [0.1, 0.15) is 54.4 Å². The van der Waals surface area contributed by atoms with Crippen LogP contribution >= 0.6 is 0 Å². The van der Waals surface area contributed by atoms with Crippen LogP contribution in [0.3, 0.4) is 0 Å². The first-order chi connectivity index (χ1) is 6.79. The Hall–Kier alpha value is -0.120. The molecule has 1 aliphatic rings. The van der Waals surface area contributed by atoms with Gasteiger partial charge in [0.25, 0.3) is 0 Å². The molecule has 3 nitrogen and oxygen atoms in total. The van der Waals surface area contributed by atoms with E-state index in [1.807, 2.05) is 41.5 Å². The molecule has 1 fully saturated rings. The topological polar surface area (TPSA) is 32.7 Å². The zero-order chi connectivity index (χ0) is 12.3. The number of methoxy groups -OCH3 is 1. The summed E-state index contributed by atoms with van der Waals surface area (Å²) in [6.45, 7) is 12.2. The number of piperidine rings is 1. The van der Waals surface area contributed by atoms with Gasteiger partial charge in [-0.15, -0.1) is 0 Å². The second kappa shape index (κ2) is 5.28. The lowest BCUT2D eigenvalue weighted by molar-refractivity contribution is -0.259. The fraction of sp³-hybridized carbons (Fsp3) is 1.00. The molecule has 1 aliphatic heterocycles. The van der Waals surface area contributed by atoms with Crippen molar-refractivity contribution in [3.8, 4) is 0 Å². The molecule has 0 atom stereocenters. The average Bonchev–Trinajstić information content (AvgIpc) is 2.16. The van der Waals surface area contributed by atoms with Crippen LogP contribution < -0.4 is 0 Å². The van der Waals surface area contributed by atoms with Gasteiger partial charge in [-0.3, -0.25) is 0 Å². The van der Waals surface area contributed by atoms with Crippen LogP contribution in [-0.2, 0) is 4.74 Å². The van der Waals surface area contributed by atoms with Crippen molar-refractivity contribution in [3.63, 3.8) is 0 Å². The maximum absolute atomic E-state index is 9.96. The van der Waals surface area contributed by atoms with Crippen molar-refractivity contribution in [2.24, 2.45) is 0 Å². The van der Waals surface area contributed by atoms with Crippen molar-refractivity contribution in [3.05, 3.63) is 0 Å². The van der Waals surface area contributed by atoms with Crippen molar-refractivity contribution in [2.45, 2.75) is 71.6 Å². The van der Waals surface area contributed by atoms with Gasteiger partial charge in [-0.25, -0.2) is 0 Å². The Morgan fingerprint density at radius 2 is 1.40 bits per heavy atom. The van der Waals surface area contributed by atoms with Gasteiger partial charge in [0.2, 0.25) is 0 Å². The van der Waals surface area contributed by atoms with E-state index in [-0.39, 0.29) is 17.2 Å². The molecule has 3 heteroatoms. The van der Waals surface area contributed by atoms with E-state index < -0.39 is 0 Å². The van der Waals surface area contributed by atoms with Crippen molar-refractivity contribution < 1.29 is 9.94 Å². The lowest BCUT2D eigenvalue weighted by atomic mass is 9.80. The van der Waals surface area contributed by atoms with Gasteiger partial charge < -0.3 is 9.94 Å². The lowest BCUT2D eigenvalue weighted by Gasteiger charge is -2.51. The standard InChI is InChI=1S/C10H21NO2.C2H6/c1-9(2)6-8(13-5)7-10(3,4)11(9)12;1-2/h8,12H,6-7H2,1-5H3;1-2H3. The normalized spacial score (nSPS) is 25.6. The minimum Gasteiger partial charge on any atom is -0.381 e. The molecule has 1 N–H and O–H groups in total. The van der Waals surface area contributed by atoms with Crippen LogP contribution in [0.5, 0.6) is 0 Å². The minimum absolute atomic E-state index is 0.192. The number of rotatable bonds is 1. The van der Waals surface area contributed by atoms with Crippen molar-refractivity contribution in [2.75, 3.05) is 7.11 Å².